The van der Waals surface area contributed by atoms with Crippen LogP contribution in [0.3, 0.4) is 0 Å². The van der Waals surface area contributed by atoms with Crippen LogP contribution in [0.25, 0.3) is 0 Å². The van der Waals surface area contributed by atoms with E-state index in [0.29, 0.717) is 11.8 Å². The summed E-state index contributed by atoms with van der Waals surface area (Å²) >= 11 is 0. The van der Waals surface area contributed by atoms with Gasteiger partial charge in [0, 0.05) is 6.54 Å². The standard InChI is InChI=1S/C13H24N2O2/c1-17-13(16)12-3-2-11(12)9-15-6-4-10(8-14)5-7-15/h10-12H,2-9,14H2,1H3. The summed E-state index contributed by atoms with van der Waals surface area (Å²) in [5.74, 6) is 1.38. The number of ether oxygens (including phenoxy) is 1. The van der Waals surface area contributed by atoms with Gasteiger partial charge in [-0.15, -0.1) is 0 Å². The van der Waals surface area contributed by atoms with Gasteiger partial charge in [0.15, 0.2) is 0 Å². The van der Waals surface area contributed by atoms with E-state index in [-0.39, 0.29) is 11.9 Å². The van der Waals surface area contributed by atoms with Crippen molar-refractivity contribution < 1.29 is 9.53 Å². The number of hydrogen-bond acceptors (Lipinski definition) is 4. The molecule has 4 heteroatoms. The molecule has 1 saturated heterocycles. The molecule has 1 aliphatic heterocycles. The van der Waals surface area contributed by atoms with Crippen molar-refractivity contribution in [2.45, 2.75) is 25.7 Å². The smallest absolute Gasteiger partial charge is 0.308 e. The van der Waals surface area contributed by atoms with E-state index in [0.717, 1.165) is 32.6 Å². The summed E-state index contributed by atoms with van der Waals surface area (Å²) in [7, 11) is 1.49. The van der Waals surface area contributed by atoms with Crippen LogP contribution in [-0.4, -0.2) is 44.2 Å². The zero-order chi connectivity index (χ0) is 12.3. The third kappa shape index (κ3) is 2.99. The Balaban J connectivity index is 1.73. The average Bonchev–Trinajstić information content (AvgIpc) is 2.35. The molecule has 1 heterocycles. The maximum absolute atomic E-state index is 11.5. The number of carbonyl (C=O) groups is 1. The third-order valence-electron chi connectivity index (χ3n) is 4.45. The van der Waals surface area contributed by atoms with Gasteiger partial charge >= 0.3 is 5.97 Å². The van der Waals surface area contributed by atoms with Gasteiger partial charge in [-0.25, -0.2) is 0 Å². The van der Waals surface area contributed by atoms with E-state index in [1.165, 1.54) is 26.4 Å². The molecule has 17 heavy (non-hydrogen) atoms. The molecule has 0 spiro atoms. The summed E-state index contributed by atoms with van der Waals surface area (Å²) in [5.41, 5.74) is 5.69. The second-order valence-electron chi connectivity index (χ2n) is 5.45. The summed E-state index contributed by atoms with van der Waals surface area (Å²) < 4.78 is 4.83. The van der Waals surface area contributed by atoms with Crippen LogP contribution >= 0.6 is 0 Å². The molecule has 0 aromatic heterocycles. The Morgan fingerprint density at radius 1 is 1.29 bits per heavy atom. The number of piperidine rings is 1. The third-order valence-corrected chi connectivity index (χ3v) is 4.45. The molecule has 2 fully saturated rings. The van der Waals surface area contributed by atoms with E-state index in [1.54, 1.807) is 0 Å². The van der Waals surface area contributed by atoms with Crippen LogP contribution in [-0.2, 0) is 9.53 Å². The number of likely N-dealkylation sites (tertiary alicyclic amines) is 1. The first-order valence-electron chi connectivity index (χ1n) is 6.74. The Bertz CT molecular complexity index is 262. The molecular formula is C13H24N2O2. The van der Waals surface area contributed by atoms with Gasteiger partial charge in [0.1, 0.15) is 0 Å². The molecule has 2 N–H and O–H groups in total. The lowest BCUT2D eigenvalue weighted by Gasteiger charge is -2.40. The molecule has 4 nitrogen and oxygen atoms in total. The minimum absolute atomic E-state index is 0.0157. The summed E-state index contributed by atoms with van der Waals surface area (Å²) in [6, 6.07) is 0. The van der Waals surface area contributed by atoms with E-state index in [4.69, 9.17) is 10.5 Å². The van der Waals surface area contributed by atoms with Gasteiger partial charge in [0.25, 0.3) is 0 Å². The van der Waals surface area contributed by atoms with Crippen LogP contribution in [0.15, 0.2) is 0 Å². The fourth-order valence-electron chi connectivity index (χ4n) is 2.99. The summed E-state index contributed by atoms with van der Waals surface area (Å²) in [4.78, 5) is 14.0. The van der Waals surface area contributed by atoms with Crippen LogP contribution in [0.2, 0.25) is 0 Å². The lowest BCUT2D eigenvalue weighted by atomic mass is 9.73. The molecule has 1 saturated carbocycles. The van der Waals surface area contributed by atoms with Gasteiger partial charge in [-0.3, -0.25) is 4.79 Å². The molecule has 0 radical (unpaired) electrons. The Morgan fingerprint density at radius 3 is 2.47 bits per heavy atom. The van der Waals surface area contributed by atoms with Crippen molar-refractivity contribution in [3.63, 3.8) is 0 Å². The van der Waals surface area contributed by atoms with E-state index >= 15 is 0 Å². The monoisotopic (exact) mass is 240 g/mol. The highest BCUT2D eigenvalue weighted by Crippen LogP contribution is 2.36. The molecule has 0 aromatic carbocycles. The predicted octanol–water partition coefficient (Wildman–Crippen LogP) is 0.856. The van der Waals surface area contributed by atoms with Gasteiger partial charge < -0.3 is 15.4 Å². The number of nitrogens with two attached hydrogens (primary N) is 1. The molecule has 2 unspecified atom stereocenters. The van der Waals surface area contributed by atoms with Gasteiger partial charge in [-0.05, 0) is 57.2 Å². The van der Waals surface area contributed by atoms with Crippen molar-refractivity contribution in [1.82, 2.24) is 4.90 Å². The number of carbonyl (C=O) groups excluding carboxylic acids is 1. The number of hydrogen-bond donors (Lipinski definition) is 1. The highest BCUT2D eigenvalue weighted by molar-refractivity contribution is 5.73. The average molecular weight is 240 g/mol. The van der Waals surface area contributed by atoms with Crippen molar-refractivity contribution in [2.24, 2.45) is 23.5 Å². The lowest BCUT2D eigenvalue weighted by molar-refractivity contribution is -0.152. The first kappa shape index (κ1) is 12.8. The second-order valence-corrected chi connectivity index (χ2v) is 5.45. The fraction of sp³-hybridized carbons (Fsp3) is 0.923. The largest absolute Gasteiger partial charge is 0.469 e. The zero-order valence-corrected chi connectivity index (χ0v) is 10.7. The summed E-state index contributed by atoms with van der Waals surface area (Å²) in [5, 5.41) is 0. The number of methoxy groups -OCH3 is 1. The van der Waals surface area contributed by atoms with Crippen LogP contribution in [0.5, 0.6) is 0 Å². The van der Waals surface area contributed by atoms with Crippen molar-refractivity contribution in [3.8, 4) is 0 Å². The fourth-order valence-corrected chi connectivity index (χ4v) is 2.99. The first-order valence-corrected chi connectivity index (χ1v) is 6.74. The van der Waals surface area contributed by atoms with Crippen molar-refractivity contribution in [2.75, 3.05) is 33.3 Å². The molecule has 2 atom stereocenters. The van der Waals surface area contributed by atoms with Gasteiger partial charge in [0.2, 0.25) is 0 Å². The van der Waals surface area contributed by atoms with Crippen LogP contribution in [0.1, 0.15) is 25.7 Å². The minimum atomic E-state index is -0.0157. The highest BCUT2D eigenvalue weighted by Gasteiger charge is 2.38. The maximum atomic E-state index is 11.5. The molecule has 98 valence electrons. The summed E-state index contributed by atoms with van der Waals surface area (Å²) in [6.45, 7) is 4.18. The highest BCUT2D eigenvalue weighted by atomic mass is 16.5. The maximum Gasteiger partial charge on any atom is 0.308 e. The van der Waals surface area contributed by atoms with Crippen molar-refractivity contribution in [1.29, 1.82) is 0 Å². The Kier molecular flexibility index (Phi) is 4.40. The first-order chi connectivity index (χ1) is 8.24. The SMILES string of the molecule is COC(=O)C1CCC1CN1CCC(CN)CC1. The van der Waals surface area contributed by atoms with Crippen LogP contribution < -0.4 is 5.73 Å². The van der Waals surface area contributed by atoms with E-state index < -0.39 is 0 Å². The van der Waals surface area contributed by atoms with E-state index in [1.807, 2.05) is 0 Å². The lowest BCUT2D eigenvalue weighted by Crippen LogP contribution is -2.45. The Morgan fingerprint density at radius 2 is 2.00 bits per heavy atom. The Labute approximate surface area is 103 Å². The van der Waals surface area contributed by atoms with Crippen LogP contribution in [0, 0.1) is 17.8 Å². The zero-order valence-electron chi connectivity index (χ0n) is 10.7. The normalized spacial score (nSPS) is 30.9. The van der Waals surface area contributed by atoms with Crippen LogP contribution in [0.4, 0.5) is 0 Å². The molecular weight excluding hydrogens is 216 g/mol. The molecule has 0 amide bonds. The molecule has 2 aliphatic rings. The van der Waals surface area contributed by atoms with Crippen molar-refractivity contribution in [3.05, 3.63) is 0 Å². The molecule has 0 bridgehead atoms. The Hall–Kier alpha value is -0.610. The molecule has 0 aromatic rings. The number of nitrogens with zero attached hydrogens (tertiary/aromatic N) is 1. The molecule has 2 rings (SSSR count). The van der Waals surface area contributed by atoms with Gasteiger partial charge in [-0.2, -0.15) is 0 Å². The summed E-state index contributed by atoms with van der Waals surface area (Å²) in [6.07, 6.45) is 4.62. The topological polar surface area (TPSA) is 55.6 Å². The quantitative estimate of drug-likeness (QED) is 0.740. The van der Waals surface area contributed by atoms with Gasteiger partial charge in [-0.1, -0.05) is 0 Å². The predicted molar refractivity (Wildman–Crippen MR) is 66.4 cm³/mol. The van der Waals surface area contributed by atoms with Gasteiger partial charge in [0.05, 0.1) is 13.0 Å². The number of esters is 1. The van der Waals surface area contributed by atoms with E-state index in [9.17, 15) is 4.79 Å². The molecule has 1 aliphatic carbocycles. The van der Waals surface area contributed by atoms with E-state index in [2.05, 4.69) is 4.90 Å². The number of rotatable bonds is 4. The van der Waals surface area contributed by atoms with Crippen molar-refractivity contribution >= 4 is 5.97 Å². The second kappa shape index (κ2) is 5.83. The minimum Gasteiger partial charge on any atom is -0.469 e.